The van der Waals surface area contributed by atoms with Crippen LogP contribution in [0.2, 0.25) is 0 Å². The molecule has 4 rings (SSSR count). The number of aromatic nitrogens is 2. The van der Waals surface area contributed by atoms with Crippen molar-refractivity contribution in [2.75, 3.05) is 26.0 Å². The molecule has 0 aliphatic carbocycles. The molecule has 2 aromatic carbocycles. The van der Waals surface area contributed by atoms with E-state index in [-0.39, 0.29) is 22.6 Å². The van der Waals surface area contributed by atoms with Gasteiger partial charge in [0.05, 0.1) is 11.5 Å². The van der Waals surface area contributed by atoms with E-state index in [1.54, 1.807) is 24.3 Å². The third kappa shape index (κ3) is 4.07. The number of furan rings is 1. The predicted molar refractivity (Wildman–Crippen MR) is 116 cm³/mol. The highest BCUT2D eigenvalue weighted by Crippen LogP contribution is 2.29. The fourth-order valence-electron chi connectivity index (χ4n) is 2.95. The van der Waals surface area contributed by atoms with Gasteiger partial charge in [-0.2, -0.15) is 0 Å². The highest BCUT2D eigenvalue weighted by molar-refractivity contribution is 7.89. The van der Waals surface area contributed by atoms with Crippen LogP contribution < -0.4 is 10.1 Å². The molecule has 166 valence electrons. The van der Waals surface area contributed by atoms with Crippen molar-refractivity contribution in [1.29, 1.82) is 0 Å². The Morgan fingerprint density at radius 2 is 1.84 bits per heavy atom. The number of hydrogen-bond acceptors (Lipinski definition) is 8. The van der Waals surface area contributed by atoms with Crippen molar-refractivity contribution in [1.82, 2.24) is 14.5 Å². The van der Waals surface area contributed by atoms with E-state index in [1.165, 1.54) is 26.2 Å². The number of anilines is 1. The van der Waals surface area contributed by atoms with Crippen LogP contribution in [0.15, 0.2) is 62.3 Å². The number of carbonyl (C=O) groups excluding carboxylic acids is 1. The predicted octanol–water partition coefficient (Wildman–Crippen LogP) is 3.38. The molecule has 1 amide bonds. The van der Waals surface area contributed by atoms with Crippen LogP contribution in [-0.4, -0.2) is 49.5 Å². The summed E-state index contributed by atoms with van der Waals surface area (Å²) in [6, 6.07) is 12.8. The number of fused-ring (bicyclic) bond motifs is 1. The number of carbonyl (C=O) groups is 1. The zero-order chi connectivity index (χ0) is 22.9. The Bertz CT molecular complexity index is 1370. The standard InChI is InChI=1S/C21H20N4O6S/c1-4-29-16-7-5-6-14-12-17(30-18(14)16)19(26)22-21-24-23-20(31-21)13-8-10-15(11-9-13)32(27,28)25(2)3/h5-12H,4H2,1-3H3,(H,22,24,26). The maximum absolute atomic E-state index is 12.6. The summed E-state index contributed by atoms with van der Waals surface area (Å²) in [7, 11) is -0.636. The number of nitrogens with one attached hydrogen (secondary N) is 1. The summed E-state index contributed by atoms with van der Waals surface area (Å²) in [4.78, 5) is 12.7. The highest BCUT2D eigenvalue weighted by atomic mass is 32.2. The molecule has 2 heterocycles. The largest absolute Gasteiger partial charge is 0.490 e. The van der Waals surface area contributed by atoms with Gasteiger partial charge in [-0.05, 0) is 43.3 Å². The minimum absolute atomic E-state index is 0.0603. The van der Waals surface area contributed by atoms with Crippen molar-refractivity contribution in [3.8, 4) is 17.2 Å². The molecule has 10 nitrogen and oxygen atoms in total. The number of hydrogen-bond donors (Lipinski definition) is 1. The molecule has 0 unspecified atom stereocenters. The summed E-state index contributed by atoms with van der Waals surface area (Å²) >= 11 is 0. The van der Waals surface area contributed by atoms with Gasteiger partial charge in [-0.1, -0.05) is 17.2 Å². The molecule has 0 aliphatic rings. The molecule has 0 fully saturated rings. The maximum atomic E-state index is 12.6. The minimum atomic E-state index is -3.54. The van der Waals surface area contributed by atoms with E-state index in [0.29, 0.717) is 23.5 Å². The van der Waals surface area contributed by atoms with Crippen molar-refractivity contribution in [2.45, 2.75) is 11.8 Å². The van der Waals surface area contributed by atoms with E-state index < -0.39 is 15.9 Å². The molecule has 4 aromatic rings. The fourth-order valence-corrected chi connectivity index (χ4v) is 3.85. The second-order valence-corrected chi connectivity index (χ2v) is 9.05. The Morgan fingerprint density at radius 3 is 2.53 bits per heavy atom. The molecule has 0 spiro atoms. The van der Waals surface area contributed by atoms with Crippen molar-refractivity contribution in [3.05, 3.63) is 54.3 Å². The van der Waals surface area contributed by atoms with Crippen LogP contribution in [-0.2, 0) is 10.0 Å². The van der Waals surface area contributed by atoms with Gasteiger partial charge in [0.1, 0.15) is 0 Å². The first-order valence-corrected chi connectivity index (χ1v) is 11.1. The SMILES string of the molecule is CCOc1cccc2cc(C(=O)Nc3nnc(-c4ccc(S(=O)(=O)N(C)C)cc4)o3)oc12. The van der Waals surface area contributed by atoms with E-state index in [0.717, 1.165) is 9.69 Å². The number of rotatable bonds is 7. The molecular formula is C21H20N4O6S. The van der Waals surface area contributed by atoms with E-state index >= 15 is 0 Å². The fraction of sp³-hybridized carbons (Fsp3) is 0.190. The summed E-state index contributed by atoms with van der Waals surface area (Å²) in [6.07, 6.45) is 0. The summed E-state index contributed by atoms with van der Waals surface area (Å²) in [5.74, 6) is 0.164. The summed E-state index contributed by atoms with van der Waals surface area (Å²) in [6.45, 7) is 2.32. The summed E-state index contributed by atoms with van der Waals surface area (Å²) in [5.41, 5.74) is 0.972. The maximum Gasteiger partial charge on any atom is 0.322 e. The Kier molecular flexibility index (Phi) is 5.68. The molecule has 32 heavy (non-hydrogen) atoms. The third-order valence-corrected chi connectivity index (χ3v) is 6.39. The lowest BCUT2D eigenvalue weighted by atomic mass is 10.2. The number of benzene rings is 2. The Hall–Kier alpha value is -3.70. The van der Waals surface area contributed by atoms with Crippen LogP contribution in [0.1, 0.15) is 17.5 Å². The van der Waals surface area contributed by atoms with Gasteiger partial charge >= 0.3 is 6.01 Å². The number of sulfonamides is 1. The molecule has 1 N–H and O–H groups in total. The normalized spacial score (nSPS) is 11.8. The Morgan fingerprint density at radius 1 is 1.09 bits per heavy atom. The van der Waals surface area contributed by atoms with Gasteiger partial charge < -0.3 is 13.6 Å². The number of amides is 1. The van der Waals surface area contributed by atoms with E-state index in [1.807, 2.05) is 19.1 Å². The number of para-hydroxylation sites is 1. The zero-order valence-electron chi connectivity index (χ0n) is 17.5. The first kappa shape index (κ1) is 21.5. The van der Waals surface area contributed by atoms with Crippen LogP contribution >= 0.6 is 0 Å². The molecule has 0 atom stereocenters. The topological polar surface area (TPSA) is 128 Å². The zero-order valence-corrected chi connectivity index (χ0v) is 18.3. The molecule has 0 aliphatic heterocycles. The molecule has 0 bridgehead atoms. The molecular weight excluding hydrogens is 436 g/mol. The Balaban J connectivity index is 1.52. The summed E-state index contributed by atoms with van der Waals surface area (Å²) < 4.78 is 42.1. The average molecular weight is 456 g/mol. The van der Waals surface area contributed by atoms with Crippen LogP contribution in [0.25, 0.3) is 22.4 Å². The van der Waals surface area contributed by atoms with E-state index in [9.17, 15) is 13.2 Å². The van der Waals surface area contributed by atoms with Crippen LogP contribution in [0.5, 0.6) is 5.75 Å². The smallest absolute Gasteiger partial charge is 0.322 e. The van der Waals surface area contributed by atoms with E-state index in [2.05, 4.69) is 15.5 Å². The van der Waals surface area contributed by atoms with Crippen molar-refractivity contribution in [2.24, 2.45) is 0 Å². The lowest BCUT2D eigenvalue weighted by Crippen LogP contribution is -2.22. The van der Waals surface area contributed by atoms with Crippen LogP contribution in [0.3, 0.4) is 0 Å². The monoisotopic (exact) mass is 456 g/mol. The molecule has 0 radical (unpaired) electrons. The van der Waals surface area contributed by atoms with Gasteiger partial charge in [0.2, 0.25) is 15.9 Å². The van der Waals surface area contributed by atoms with Gasteiger partial charge in [0.25, 0.3) is 5.91 Å². The lowest BCUT2D eigenvalue weighted by molar-refractivity contribution is 0.0995. The molecule has 0 saturated carbocycles. The van der Waals surface area contributed by atoms with Gasteiger partial charge in [-0.3, -0.25) is 10.1 Å². The van der Waals surface area contributed by atoms with Gasteiger partial charge in [0.15, 0.2) is 17.1 Å². The van der Waals surface area contributed by atoms with Crippen molar-refractivity contribution in [3.63, 3.8) is 0 Å². The van der Waals surface area contributed by atoms with Crippen LogP contribution in [0.4, 0.5) is 6.01 Å². The van der Waals surface area contributed by atoms with Gasteiger partial charge in [-0.15, -0.1) is 5.10 Å². The Labute approximate surface area is 183 Å². The highest BCUT2D eigenvalue weighted by Gasteiger charge is 2.20. The second-order valence-electron chi connectivity index (χ2n) is 6.90. The second kappa shape index (κ2) is 8.44. The van der Waals surface area contributed by atoms with E-state index in [4.69, 9.17) is 13.6 Å². The van der Waals surface area contributed by atoms with Crippen LogP contribution in [0, 0.1) is 0 Å². The minimum Gasteiger partial charge on any atom is -0.490 e. The summed E-state index contributed by atoms with van der Waals surface area (Å²) in [5, 5.41) is 10.9. The molecule has 11 heteroatoms. The molecule has 2 aromatic heterocycles. The van der Waals surface area contributed by atoms with Crippen molar-refractivity contribution < 1.29 is 26.8 Å². The van der Waals surface area contributed by atoms with Crippen molar-refractivity contribution >= 4 is 32.9 Å². The quantitative estimate of drug-likeness (QED) is 0.448. The number of nitrogens with zero attached hydrogens (tertiary/aromatic N) is 3. The average Bonchev–Trinajstić information content (AvgIpc) is 3.42. The first-order chi connectivity index (χ1) is 15.3. The third-order valence-electron chi connectivity index (χ3n) is 4.56. The molecule has 0 saturated heterocycles. The van der Waals surface area contributed by atoms with Gasteiger partial charge in [-0.25, -0.2) is 12.7 Å². The first-order valence-electron chi connectivity index (χ1n) is 9.62. The number of ether oxygens (including phenoxy) is 1. The lowest BCUT2D eigenvalue weighted by Gasteiger charge is -2.11. The van der Waals surface area contributed by atoms with Gasteiger partial charge in [0, 0.05) is 25.0 Å².